The number of hydrogen-bond acceptors (Lipinski definition) is 7. The van der Waals surface area contributed by atoms with E-state index >= 15 is 0 Å². The quantitative estimate of drug-likeness (QED) is 0.415. The van der Waals surface area contributed by atoms with Crippen LogP contribution in [0.15, 0.2) is 23.2 Å². The second kappa shape index (κ2) is 9.61. The van der Waals surface area contributed by atoms with Crippen LogP contribution in [-0.4, -0.2) is 56.7 Å². The third-order valence-corrected chi connectivity index (χ3v) is 5.50. The van der Waals surface area contributed by atoms with Crippen LogP contribution in [0.25, 0.3) is 0 Å². The lowest BCUT2D eigenvalue weighted by Crippen LogP contribution is -2.16. The molecule has 0 saturated heterocycles. The third-order valence-electron chi connectivity index (χ3n) is 4.38. The molecular formula is C21H30N2O6S. The lowest BCUT2D eigenvalue weighted by atomic mass is 10.00. The Balaban J connectivity index is 2.59. The molecule has 0 radical (unpaired) electrons. The minimum Gasteiger partial charge on any atom is -0.490 e. The first-order chi connectivity index (χ1) is 14.0. The van der Waals surface area contributed by atoms with Crippen molar-refractivity contribution in [1.82, 2.24) is 9.78 Å². The zero-order valence-corrected chi connectivity index (χ0v) is 19.4. The molecule has 0 atom stereocenters. The highest BCUT2D eigenvalue weighted by atomic mass is 32.2. The molecule has 0 saturated carbocycles. The van der Waals surface area contributed by atoms with Gasteiger partial charge in [0.05, 0.1) is 24.9 Å². The maximum Gasteiger partial charge on any atom is 0.223 e. The smallest absolute Gasteiger partial charge is 0.223 e. The molecule has 0 amide bonds. The third kappa shape index (κ3) is 5.20. The predicted octanol–water partition coefficient (Wildman–Crippen LogP) is 3.22. The summed E-state index contributed by atoms with van der Waals surface area (Å²) in [4.78, 5) is 13.4. The second-order valence-corrected chi connectivity index (χ2v) is 9.56. The molecule has 1 aromatic heterocycles. The van der Waals surface area contributed by atoms with Gasteiger partial charge in [-0.3, -0.25) is 4.79 Å². The van der Waals surface area contributed by atoms with Crippen LogP contribution in [0.1, 0.15) is 55.2 Å². The maximum absolute atomic E-state index is 13.4. The lowest BCUT2D eigenvalue weighted by molar-refractivity contribution is 0.103. The number of ketones is 1. The summed E-state index contributed by atoms with van der Waals surface area (Å²) >= 11 is 0. The fraction of sp³-hybridized carbons (Fsp3) is 0.524. The number of hydrogen-bond donors (Lipinski definition) is 0. The number of rotatable bonds is 10. The molecule has 1 aromatic carbocycles. The molecule has 1 heterocycles. The molecule has 2 rings (SSSR count). The largest absolute Gasteiger partial charge is 0.490 e. The van der Waals surface area contributed by atoms with Gasteiger partial charge in [-0.05, 0) is 46.8 Å². The normalized spacial score (nSPS) is 11.9. The number of carbonyl (C=O) groups is 1. The van der Waals surface area contributed by atoms with E-state index in [2.05, 4.69) is 5.10 Å². The summed E-state index contributed by atoms with van der Waals surface area (Å²) in [5.41, 5.74) is 1.08. The Labute approximate surface area is 178 Å². The van der Waals surface area contributed by atoms with Gasteiger partial charge < -0.3 is 14.2 Å². The summed E-state index contributed by atoms with van der Waals surface area (Å²) < 4.78 is 42.6. The minimum absolute atomic E-state index is 0.00180. The predicted molar refractivity (Wildman–Crippen MR) is 113 cm³/mol. The Bertz CT molecular complexity index is 1010. The first-order valence-corrected chi connectivity index (χ1v) is 11.6. The van der Waals surface area contributed by atoms with Crippen LogP contribution >= 0.6 is 0 Å². The Morgan fingerprint density at radius 3 is 2.33 bits per heavy atom. The van der Waals surface area contributed by atoms with Gasteiger partial charge in [-0.2, -0.15) is 5.10 Å². The van der Waals surface area contributed by atoms with Crippen molar-refractivity contribution in [2.75, 3.05) is 26.6 Å². The van der Waals surface area contributed by atoms with Gasteiger partial charge in [-0.1, -0.05) is 0 Å². The zero-order chi connectivity index (χ0) is 22.6. The van der Waals surface area contributed by atoms with Gasteiger partial charge in [0.1, 0.15) is 22.8 Å². The van der Waals surface area contributed by atoms with Crippen LogP contribution in [0.4, 0.5) is 0 Å². The fourth-order valence-corrected chi connectivity index (χ4v) is 3.84. The number of carbonyl (C=O) groups excluding carboxylic acids is 1. The summed E-state index contributed by atoms with van der Waals surface area (Å²) in [5.74, 6) is 0.230. The van der Waals surface area contributed by atoms with Crippen molar-refractivity contribution in [1.29, 1.82) is 0 Å². The van der Waals surface area contributed by atoms with Gasteiger partial charge in [-0.25, -0.2) is 13.1 Å². The second-order valence-electron chi connectivity index (χ2n) is 7.58. The Morgan fingerprint density at radius 2 is 1.80 bits per heavy atom. The Kier molecular flexibility index (Phi) is 7.65. The van der Waals surface area contributed by atoms with Crippen LogP contribution < -0.4 is 9.47 Å². The highest BCUT2D eigenvalue weighted by molar-refractivity contribution is 7.90. The average Bonchev–Trinajstić information content (AvgIpc) is 3.04. The fourth-order valence-electron chi connectivity index (χ4n) is 2.97. The molecule has 0 aliphatic carbocycles. The van der Waals surface area contributed by atoms with Gasteiger partial charge in [-0.15, -0.1) is 0 Å². The zero-order valence-electron chi connectivity index (χ0n) is 18.6. The monoisotopic (exact) mass is 438 g/mol. The maximum atomic E-state index is 13.4. The van der Waals surface area contributed by atoms with E-state index in [1.807, 2.05) is 27.7 Å². The van der Waals surface area contributed by atoms with Gasteiger partial charge in [0.2, 0.25) is 5.88 Å². The molecule has 0 unspecified atom stereocenters. The van der Waals surface area contributed by atoms with Crippen molar-refractivity contribution >= 4 is 15.6 Å². The summed E-state index contributed by atoms with van der Waals surface area (Å²) in [6, 6.07) is 2.90. The van der Waals surface area contributed by atoms with Crippen molar-refractivity contribution in [3.63, 3.8) is 0 Å². The van der Waals surface area contributed by atoms with E-state index in [1.165, 1.54) is 25.4 Å². The first kappa shape index (κ1) is 23.9. The Hall–Kier alpha value is -2.39. The van der Waals surface area contributed by atoms with E-state index in [4.69, 9.17) is 14.2 Å². The van der Waals surface area contributed by atoms with Gasteiger partial charge in [0.15, 0.2) is 15.6 Å². The van der Waals surface area contributed by atoms with Gasteiger partial charge in [0.25, 0.3) is 0 Å². The van der Waals surface area contributed by atoms with Crippen molar-refractivity contribution in [2.24, 2.45) is 0 Å². The van der Waals surface area contributed by atoms with Crippen molar-refractivity contribution in [2.45, 2.75) is 51.7 Å². The van der Waals surface area contributed by atoms with Crippen molar-refractivity contribution in [3.05, 3.63) is 35.0 Å². The SMILES string of the molecule is COCCOc1c(S(C)(=O)=O)ccc(C(=O)c2cnn(C(C)C)c2OC(C)C)c1C. The summed E-state index contributed by atoms with van der Waals surface area (Å²) in [6.07, 6.45) is 2.44. The molecule has 166 valence electrons. The molecule has 2 aromatic rings. The van der Waals surface area contributed by atoms with Crippen LogP contribution in [0.3, 0.4) is 0 Å². The molecule has 8 nitrogen and oxygen atoms in total. The van der Waals surface area contributed by atoms with Gasteiger partial charge in [0, 0.05) is 24.5 Å². The summed E-state index contributed by atoms with van der Waals surface area (Å²) in [6.45, 7) is 9.75. The van der Waals surface area contributed by atoms with E-state index in [0.717, 1.165) is 6.26 Å². The molecule has 0 fully saturated rings. The minimum atomic E-state index is -3.55. The van der Waals surface area contributed by atoms with Crippen molar-refractivity contribution < 1.29 is 27.4 Å². The van der Waals surface area contributed by atoms with Crippen LogP contribution in [0, 0.1) is 6.92 Å². The van der Waals surface area contributed by atoms with E-state index in [0.29, 0.717) is 22.6 Å². The van der Waals surface area contributed by atoms with Crippen LogP contribution in [0.2, 0.25) is 0 Å². The number of ether oxygens (including phenoxy) is 3. The van der Waals surface area contributed by atoms with E-state index < -0.39 is 9.84 Å². The summed E-state index contributed by atoms with van der Waals surface area (Å²) in [7, 11) is -2.03. The molecule has 30 heavy (non-hydrogen) atoms. The number of benzene rings is 1. The van der Waals surface area contributed by atoms with Crippen LogP contribution in [0.5, 0.6) is 11.6 Å². The molecule has 0 aliphatic rings. The highest BCUT2D eigenvalue weighted by Gasteiger charge is 2.27. The average molecular weight is 439 g/mol. The topological polar surface area (TPSA) is 96.7 Å². The molecule has 0 bridgehead atoms. The highest BCUT2D eigenvalue weighted by Crippen LogP contribution is 2.33. The molecule has 0 aliphatic heterocycles. The number of sulfone groups is 1. The van der Waals surface area contributed by atoms with Crippen LogP contribution in [-0.2, 0) is 14.6 Å². The first-order valence-electron chi connectivity index (χ1n) is 9.73. The number of methoxy groups -OCH3 is 1. The van der Waals surface area contributed by atoms with E-state index in [-0.39, 0.29) is 41.8 Å². The van der Waals surface area contributed by atoms with Gasteiger partial charge >= 0.3 is 0 Å². The standard InChI is InChI=1S/C21H30N2O6S/c1-13(2)23-21(29-14(3)4)17(12-22-23)19(24)16-8-9-18(30(7,25)26)20(15(16)5)28-11-10-27-6/h8-9,12-14H,10-11H2,1-7H3. The molecule has 9 heteroatoms. The summed E-state index contributed by atoms with van der Waals surface area (Å²) in [5, 5.41) is 4.31. The molecular weight excluding hydrogens is 408 g/mol. The lowest BCUT2D eigenvalue weighted by Gasteiger charge is -2.17. The number of nitrogens with zero attached hydrogens (tertiary/aromatic N) is 2. The van der Waals surface area contributed by atoms with E-state index in [9.17, 15) is 13.2 Å². The Morgan fingerprint density at radius 1 is 1.13 bits per heavy atom. The van der Waals surface area contributed by atoms with Crippen molar-refractivity contribution in [3.8, 4) is 11.6 Å². The molecule has 0 N–H and O–H groups in total. The number of aromatic nitrogens is 2. The molecule has 0 spiro atoms. The van der Waals surface area contributed by atoms with E-state index in [1.54, 1.807) is 11.6 Å².